The van der Waals surface area contributed by atoms with E-state index < -0.39 is 23.1 Å². The lowest BCUT2D eigenvalue weighted by atomic mass is 10.1. The normalized spacial score (nSPS) is 16.9. The number of carboxylic acid groups (broad SMARTS) is 1. The highest BCUT2D eigenvalue weighted by atomic mass is 79.9. The molecule has 20 heavy (non-hydrogen) atoms. The number of carboxylic acids is 1. The Bertz CT molecular complexity index is 839. The number of hydrogen-bond donors (Lipinski definition) is 3. The van der Waals surface area contributed by atoms with Crippen LogP contribution in [0.15, 0.2) is 26.2 Å². The maximum absolute atomic E-state index is 12.1. The fourth-order valence-corrected chi connectivity index (χ4v) is 2.97. The van der Waals surface area contributed by atoms with Crippen LogP contribution in [0.1, 0.15) is 12.5 Å². The second kappa shape index (κ2) is 4.48. The molecule has 0 radical (unpaired) electrons. The van der Waals surface area contributed by atoms with Crippen molar-refractivity contribution in [1.29, 1.82) is 0 Å². The summed E-state index contributed by atoms with van der Waals surface area (Å²) in [6.45, 7) is 0.286. The first-order valence-electron chi connectivity index (χ1n) is 5.91. The molecule has 0 amide bonds. The van der Waals surface area contributed by atoms with Crippen molar-refractivity contribution in [1.82, 2.24) is 9.55 Å². The largest absolute Gasteiger partial charge is 0.481 e. The van der Waals surface area contributed by atoms with E-state index in [4.69, 9.17) is 5.11 Å². The predicted octanol–water partition coefficient (Wildman–Crippen LogP) is 0.894. The number of aromatic amines is 1. The topological polar surface area (TPSA) is 104 Å². The van der Waals surface area contributed by atoms with Gasteiger partial charge in [-0.05, 0) is 12.1 Å². The Morgan fingerprint density at radius 3 is 2.90 bits per heavy atom. The van der Waals surface area contributed by atoms with Gasteiger partial charge >= 0.3 is 17.1 Å². The van der Waals surface area contributed by atoms with E-state index >= 15 is 0 Å². The van der Waals surface area contributed by atoms with E-state index in [9.17, 15) is 14.4 Å². The van der Waals surface area contributed by atoms with Crippen molar-refractivity contribution in [2.24, 2.45) is 0 Å². The zero-order chi connectivity index (χ0) is 14.4. The molecule has 7 nitrogen and oxygen atoms in total. The first-order chi connectivity index (χ1) is 9.47. The molecule has 2 aromatic rings. The third-order valence-electron chi connectivity index (χ3n) is 3.28. The highest BCUT2D eigenvalue weighted by Gasteiger charge is 2.26. The maximum Gasteiger partial charge on any atom is 0.317 e. The van der Waals surface area contributed by atoms with Gasteiger partial charge < -0.3 is 15.4 Å². The minimum atomic E-state index is -1.02. The van der Waals surface area contributed by atoms with Gasteiger partial charge in [-0.2, -0.15) is 0 Å². The number of aromatic nitrogens is 2. The molecular formula is C12H10BrN3O4. The third-order valence-corrected chi connectivity index (χ3v) is 3.74. The minimum Gasteiger partial charge on any atom is -0.481 e. The number of nitrogens with one attached hydrogen (secondary N) is 2. The summed E-state index contributed by atoms with van der Waals surface area (Å²) >= 11 is 3.33. The number of benzene rings is 1. The van der Waals surface area contributed by atoms with Gasteiger partial charge in [-0.1, -0.05) is 15.9 Å². The Morgan fingerprint density at radius 2 is 2.20 bits per heavy atom. The van der Waals surface area contributed by atoms with E-state index in [0.717, 1.165) is 4.47 Å². The summed E-state index contributed by atoms with van der Waals surface area (Å²) in [6, 6.07) is 2.88. The molecule has 0 saturated heterocycles. The van der Waals surface area contributed by atoms with E-state index in [1.54, 1.807) is 12.1 Å². The van der Waals surface area contributed by atoms with Crippen LogP contribution in [0.3, 0.4) is 0 Å². The lowest BCUT2D eigenvalue weighted by Gasteiger charge is -2.27. The Kier molecular flexibility index (Phi) is 2.89. The van der Waals surface area contributed by atoms with Gasteiger partial charge in [0.1, 0.15) is 0 Å². The Labute approximate surface area is 120 Å². The van der Waals surface area contributed by atoms with Crippen molar-refractivity contribution in [3.05, 3.63) is 37.3 Å². The number of halogens is 1. The Morgan fingerprint density at radius 1 is 1.45 bits per heavy atom. The minimum absolute atomic E-state index is 0.221. The highest BCUT2D eigenvalue weighted by Crippen LogP contribution is 2.31. The molecule has 2 heterocycles. The second-order valence-electron chi connectivity index (χ2n) is 4.61. The van der Waals surface area contributed by atoms with Crippen molar-refractivity contribution in [3.8, 4) is 0 Å². The van der Waals surface area contributed by atoms with Gasteiger partial charge in [0.25, 0.3) is 0 Å². The lowest BCUT2D eigenvalue weighted by Crippen LogP contribution is -2.42. The molecule has 1 aromatic carbocycles. The summed E-state index contributed by atoms with van der Waals surface area (Å²) in [6.07, 6.45) is -0.221. The summed E-state index contributed by atoms with van der Waals surface area (Å²) in [5.74, 6) is -1.02. The number of aliphatic carboxylic acids is 1. The van der Waals surface area contributed by atoms with Gasteiger partial charge in [0.15, 0.2) is 0 Å². The van der Waals surface area contributed by atoms with Crippen molar-refractivity contribution >= 4 is 38.6 Å². The average Bonchev–Trinajstić information content (AvgIpc) is 2.36. The van der Waals surface area contributed by atoms with Crippen LogP contribution in [0.25, 0.3) is 11.0 Å². The van der Waals surface area contributed by atoms with Gasteiger partial charge in [-0.15, -0.1) is 0 Å². The molecule has 0 bridgehead atoms. The second-order valence-corrected chi connectivity index (χ2v) is 5.53. The van der Waals surface area contributed by atoms with E-state index in [1.807, 2.05) is 0 Å². The molecule has 3 rings (SSSR count). The van der Waals surface area contributed by atoms with Crippen molar-refractivity contribution in [2.45, 2.75) is 12.5 Å². The molecule has 0 saturated carbocycles. The SMILES string of the molecule is O=C(O)CC1CNc2cc(Br)cc3[nH]c(=O)c(=O)n1c23. The molecule has 0 aliphatic carbocycles. The highest BCUT2D eigenvalue weighted by molar-refractivity contribution is 9.10. The first-order valence-corrected chi connectivity index (χ1v) is 6.70. The molecule has 8 heteroatoms. The molecular weight excluding hydrogens is 330 g/mol. The molecule has 104 valence electrons. The van der Waals surface area contributed by atoms with Gasteiger partial charge in [-0.3, -0.25) is 19.0 Å². The van der Waals surface area contributed by atoms with Crippen LogP contribution in [-0.2, 0) is 4.79 Å². The summed E-state index contributed by atoms with van der Waals surface area (Å²) in [5, 5.41) is 12.0. The predicted molar refractivity (Wildman–Crippen MR) is 76.3 cm³/mol. The number of anilines is 1. The van der Waals surface area contributed by atoms with Crippen molar-refractivity contribution in [3.63, 3.8) is 0 Å². The standard InChI is InChI=1S/C12H10BrN3O4/c13-5-1-7-10-8(2-5)15-11(19)12(20)16(10)6(4-14-7)3-9(17)18/h1-2,6,14H,3-4H2,(H,15,19)(H,17,18). The number of carbonyl (C=O) groups is 1. The number of rotatable bonds is 2. The smallest absolute Gasteiger partial charge is 0.317 e. The van der Waals surface area contributed by atoms with Crippen molar-refractivity contribution in [2.75, 3.05) is 11.9 Å². The van der Waals surface area contributed by atoms with Crippen LogP contribution in [0.2, 0.25) is 0 Å². The molecule has 1 aliphatic rings. The van der Waals surface area contributed by atoms with E-state index in [-0.39, 0.29) is 13.0 Å². The monoisotopic (exact) mass is 339 g/mol. The summed E-state index contributed by atoms with van der Waals surface area (Å²) < 4.78 is 2.03. The zero-order valence-electron chi connectivity index (χ0n) is 10.1. The van der Waals surface area contributed by atoms with Crippen LogP contribution < -0.4 is 16.4 Å². The number of hydrogen-bond acceptors (Lipinski definition) is 4. The zero-order valence-corrected chi connectivity index (χ0v) is 11.7. The lowest BCUT2D eigenvalue weighted by molar-refractivity contribution is -0.137. The molecule has 0 spiro atoms. The molecule has 1 aromatic heterocycles. The third kappa shape index (κ3) is 1.92. The number of H-pyrrole nitrogens is 1. The summed E-state index contributed by atoms with van der Waals surface area (Å²) in [4.78, 5) is 37.2. The van der Waals surface area contributed by atoms with Crippen LogP contribution in [0.4, 0.5) is 5.69 Å². The van der Waals surface area contributed by atoms with Crippen LogP contribution >= 0.6 is 15.9 Å². The van der Waals surface area contributed by atoms with Gasteiger partial charge in [-0.25, -0.2) is 0 Å². The molecule has 0 fully saturated rings. The number of nitrogens with zero attached hydrogens (tertiary/aromatic N) is 1. The fourth-order valence-electron chi connectivity index (χ4n) is 2.51. The summed E-state index contributed by atoms with van der Waals surface area (Å²) in [5.41, 5.74) is 0.217. The molecule has 1 atom stereocenters. The van der Waals surface area contributed by atoms with Crippen LogP contribution in [0.5, 0.6) is 0 Å². The molecule has 1 unspecified atom stereocenters. The van der Waals surface area contributed by atoms with Crippen LogP contribution in [0, 0.1) is 0 Å². The summed E-state index contributed by atoms with van der Waals surface area (Å²) in [7, 11) is 0. The molecule has 1 aliphatic heterocycles. The van der Waals surface area contributed by atoms with E-state index in [0.29, 0.717) is 16.7 Å². The van der Waals surface area contributed by atoms with E-state index in [1.165, 1.54) is 4.57 Å². The average molecular weight is 340 g/mol. The van der Waals surface area contributed by atoms with Gasteiger partial charge in [0.2, 0.25) is 0 Å². The van der Waals surface area contributed by atoms with Gasteiger partial charge in [0, 0.05) is 11.0 Å². The maximum atomic E-state index is 12.1. The van der Waals surface area contributed by atoms with Crippen molar-refractivity contribution < 1.29 is 9.90 Å². The quantitative estimate of drug-likeness (QED) is 0.705. The van der Waals surface area contributed by atoms with Crippen LogP contribution in [-0.4, -0.2) is 27.2 Å². The Balaban J connectivity index is 2.39. The first kappa shape index (κ1) is 12.9. The fraction of sp³-hybridized carbons (Fsp3) is 0.250. The Hall–Kier alpha value is -2.09. The van der Waals surface area contributed by atoms with E-state index in [2.05, 4.69) is 26.2 Å². The molecule has 3 N–H and O–H groups in total. The van der Waals surface area contributed by atoms with Gasteiger partial charge in [0.05, 0.1) is 29.2 Å².